The van der Waals surface area contributed by atoms with Crippen LogP contribution in [-0.4, -0.2) is 20.6 Å². The Morgan fingerprint density at radius 3 is 2.93 bits per heavy atom. The van der Waals surface area contributed by atoms with Crippen molar-refractivity contribution in [2.24, 2.45) is 0 Å². The van der Waals surface area contributed by atoms with Gasteiger partial charge < -0.3 is 9.67 Å². The third-order valence-corrected chi connectivity index (χ3v) is 3.01. The molecule has 2 heterocycles. The van der Waals surface area contributed by atoms with E-state index in [0.717, 1.165) is 16.3 Å². The van der Waals surface area contributed by atoms with E-state index < -0.39 is 5.97 Å². The third-order valence-electron chi connectivity index (χ3n) is 1.94. The summed E-state index contributed by atoms with van der Waals surface area (Å²) in [4.78, 5) is 16.5. The van der Waals surface area contributed by atoms with Crippen molar-refractivity contribution in [3.8, 4) is 0 Å². The van der Waals surface area contributed by atoms with Gasteiger partial charge in [0.05, 0.1) is 19.3 Å². The summed E-state index contributed by atoms with van der Waals surface area (Å²) in [7, 11) is 0. The Bertz CT molecular complexity index is 448. The molecule has 78 valence electrons. The first-order valence-electron chi connectivity index (χ1n) is 4.49. The molecule has 0 unspecified atom stereocenters. The van der Waals surface area contributed by atoms with Gasteiger partial charge in [0.1, 0.15) is 0 Å². The van der Waals surface area contributed by atoms with Crippen molar-refractivity contribution >= 4 is 17.3 Å². The minimum Gasteiger partial charge on any atom is -0.481 e. The van der Waals surface area contributed by atoms with Crippen LogP contribution in [0.2, 0.25) is 0 Å². The smallest absolute Gasteiger partial charge is 0.308 e. The second-order valence-corrected chi connectivity index (χ2v) is 4.43. The standard InChI is InChI=1S/C10H10N2O2S/c13-10(14)5-8-1-2-9(15-8)6-12-4-3-11-7-12/h1-4,7H,5-6H2,(H,13,14). The van der Waals surface area contributed by atoms with Crippen LogP contribution in [0.4, 0.5) is 0 Å². The lowest BCUT2D eigenvalue weighted by Gasteiger charge is -1.97. The van der Waals surface area contributed by atoms with Crippen LogP contribution in [0.5, 0.6) is 0 Å². The molecule has 1 N–H and O–H groups in total. The number of thiophene rings is 1. The van der Waals surface area contributed by atoms with Gasteiger partial charge in [0.2, 0.25) is 0 Å². The molecule has 2 aromatic rings. The SMILES string of the molecule is O=C(O)Cc1ccc(Cn2ccnc2)s1. The number of nitrogens with zero attached hydrogens (tertiary/aromatic N) is 2. The van der Waals surface area contributed by atoms with Gasteiger partial charge in [-0.2, -0.15) is 0 Å². The third kappa shape index (κ3) is 2.66. The highest BCUT2D eigenvalue weighted by Gasteiger charge is 2.04. The molecule has 0 aliphatic carbocycles. The number of carbonyl (C=O) groups is 1. The van der Waals surface area contributed by atoms with E-state index in [-0.39, 0.29) is 6.42 Å². The highest BCUT2D eigenvalue weighted by molar-refractivity contribution is 7.12. The van der Waals surface area contributed by atoms with Gasteiger partial charge in [-0.1, -0.05) is 0 Å². The first-order valence-corrected chi connectivity index (χ1v) is 5.31. The molecule has 0 bridgehead atoms. The highest BCUT2D eigenvalue weighted by Crippen LogP contribution is 2.18. The number of rotatable bonds is 4. The van der Waals surface area contributed by atoms with Gasteiger partial charge >= 0.3 is 5.97 Å². The van der Waals surface area contributed by atoms with Crippen molar-refractivity contribution in [3.05, 3.63) is 40.6 Å². The van der Waals surface area contributed by atoms with Gasteiger partial charge in [-0.25, -0.2) is 4.98 Å². The summed E-state index contributed by atoms with van der Waals surface area (Å²) >= 11 is 1.53. The minimum absolute atomic E-state index is 0.106. The number of hydrogen-bond donors (Lipinski definition) is 1. The highest BCUT2D eigenvalue weighted by atomic mass is 32.1. The Kier molecular flexibility index (Phi) is 2.82. The molecule has 5 heteroatoms. The zero-order valence-corrected chi connectivity index (χ0v) is 8.78. The molecule has 2 aromatic heterocycles. The Morgan fingerprint density at radius 1 is 1.47 bits per heavy atom. The average Bonchev–Trinajstić information content (AvgIpc) is 2.77. The van der Waals surface area contributed by atoms with E-state index in [1.165, 1.54) is 11.3 Å². The Balaban J connectivity index is 2.04. The molecule has 0 aromatic carbocycles. The van der Waals surface area contributed by atoms with Gasteiger partial charge in [-0.15, -0.1) is 11.3 Å². The van der Waals surface area contributed by atoms with E-state index in [1.54, 1.807) is 12.5 Å². The second-order valence-electron chi connectivity index (χ2n) is 3.17. The first-order chi connectivity index (χ1) is 7.24. The van der Waals surface area contributed by atoms with Crippen LogP contribution >= 0.6 is 11.3 Å². The van der Waals surface area contributed by atoms with Gasteiger partial charge in [0, 0.05) is 22.1 Å². The Hall–Kier alpha value is -1.62. The summed E-state index contributed by atoms with van der Waals surface area (Å²) in [5.41, 5.74) is 0. The van der Waals surface area contributed by atoms with Crippen molar-refractivity contribution in [2.75, 3.05) is 0 Å². The first kappa shape index (κ1) is 9.92. The fourth-order valence-corrected chi connectivity index (χ4v) is 2.33. The number of hydrogen-bond acceptors (Lipinski definition) is 3. The average molecular weight is 222 g/mol. The van der Waals surface area contributed by atoms with Gasteiger partial charge in [-0.3, -0.25) is 4.79 Å². The molecule has 0 atom stereocenters. The molecule has 0 amide bonds. The van der Waals surface area contributed by atoms with E-state index in [4.69, 9.17) is 5.11 Å². The minimum atomic E-state index is -0.786. The normalized spacial score (nSPS) is 10.4. The maximum absolute atomic E-state index is 10.5. The zero-order chi connectivity index (χ0) is 10.7. The molecule has 2 rings (SSSR count). The van der Waals surface area contributed by atoms with Crippen molar-refractivity contribution in [3.63, 3.8) is 0 Å². The molecule has 0 radical (unpaired) electrons. The molecule has 0 aliphatic rings. The monoisotopic (exact) mass is 222 g/mol. The van der Waals surface area contributed by atoms with Crippen molar-refractivity contribution in [1.82, 2.24) is 9.55 Å². The van der Waals surface area contributed by atoms with Gasteiger partial charge in [-0.05, 0) is 12.1 Å². The summed E-state index contributed by atoms with van der Waals surface area (Å²) in [5, 5.41) is 8.62. The molecular weight excluding hydrogens is 212 g/mol. The topological polar surface area (TPSA) is 55.1 Å². The second kappa shape index (κ2) is 4.27. The van der Waals surface area contributed by atoms with E-state index in [1.807, 2.05) is 22.9 Å². The summed E-state index contributed by atoms with van der Waals surface area (Å²) in [6.07, 6.45) is 5.47. The Labute approximate surface area is 90.8 Å². The number of aliphatic carboxylic acids is 1. The molecular formula is C10H10N2O2S. The van der Waals surface area contributed by atoms with Crippen molar-refractivity contribution in [2.45, 2.75) is 13.0 Å². The van der Waals surface area contributed by atoms with Crippen LogP contribution in [0.1, 0.15) is 9.75 Å². The molecule has 0 spiro atoms. The molecule has 15 heavy (non-hydrogen) atoms. The van der Waals surface area contributed by atoms with Gasteiger partial charge in [0.15, 0.2) is 0 Å². The number of carboxylic acids is 1. The lowest BCUT2D eigenvalue weighted by molar-refractivity contribution is -0.136. The van der Waals surface area contributed by atoms with Gasteiger partial charge in [0.25, 0.3) is 0 Å². The maximum Gasteiger partial charge on any atom is 0.308 e. The fraction of sp³-hybridized carbons (Fsp3) is 0.200. The quantitative estimate of drug-likeness (QED) is 0.855. The Morgan fingerprint density at radius 2 is 2.27 bits per heavy atom. The maximum atomic E-state index is 10.5. The van der Waals surface area contributed by atoms with Crippen LogP contribution in [0.25, 0.3) is 0 Å². The predicted molar refractivity (Wildman–Crippen MR) is 57.0 cm³/mol. The number of imidazole rings is 1. The number of aromatic nitrogens is 2. The van der Waals surface area contributed by atoms with Crippen LogP contribution < -0.4 is 0 Å². The molecule has 0 aliphatic heterocycles. The van der Waals surface area contributed by atoms with E-state index in [2.05, 4.69) is 4.98 Å². The predicted octanol–water partition coefficient (Wildman–Crippen LogP) is 1.62. The van der Waals surface area contributed by atoms with E-state index >= 15 is 0 Å². The van der Waals surface area contributed by atoms with Crippen LogP contribution in [0.15, 0.2) is 30.9 Å². The molecule has 0 saturated carbocycles. The summed E-state index contributed by atoms with van der Waals surface area (Å²) < 4.78 is 1.95. The lowest BCUT2D eigenvalue weighted by atomic mass is 10.3. The fourth-order valence-electron chi connectivity index (χ4n) is 1.31. The molecule has 0 saturated heterocycles. The van der Waals surface area contributed by atoms with Crippen molar-refractivity contribution in [1.29, 1.82) is 0 Å². The summed E-state index contributed by atoms with van der Waals surface area (Å²) in [6, 6.07) is 3.83. The number of carboxylic acid groups (broad SMARTS) is 1. The van der Waals surface area contributed by atoms with E-state index in [9.17, 15) is 4.79 Å². The van der Waals surface area contributed by atoms with E-state index in [0.29, 0.717) is 0 Å². The van der Waals surface area contributed by atoms with Crippen LogP contribution in [0, 0.1) is 0 Å². The lowest BCUT2D eigenvalue weighted by Crippen LogP contribution is -1.97. The largest absolute Gasteiger partial charge is 0.481 e. The molecule has 4 nitrogen and oxygen atoms in total. The zero-order valence-electron chi connectivity index (χ0n) is 7.96. The summed E-state index contributed by atoms with van der Waals surface area (Å²) in [6.45, 7) is 0.754. The van der Waals surface area contributed by atoms with Crippen molar-refractivity contribution < 1.29 is 9.90 Å². The van der Waals surface area contributed by atoms with Crippen LogP contribution in [0.3, 0.4) is 0 Å². The summed E-state index contributed by atoms with van der Waals surface area (Å²) in [5.74, 6) is -0.786. The van der Waals surface area contributed by atoms with Crippen LogP contribution in [-0.2, 0) is 17.8 Å². The molecule has 0 fully saturated rings.